The zero-order chi connectivity index (χ0) is 21.4. The molecule has 4 rings (SSSR count). The molecule has 34 heavy (non-hydrogen) atoms. The van der Waals surface area contributed by atoms with E-state index in [-0.39, 0.29) is 92.9 Å². The molecule has 0 aromatic rings. The first-order valence-corrected chi connectivity index (χ1v) is 14.5. The van der Waals surface area contributed by atoms with E-state index in [1.807, 2.05) is 0 Å². The van der Waals surface area contributed by atoms with Gasteiger partial charge in [-0.25, -0.2) is 0 Å². The molecule has 4 aliphatic rings. The van der Waals surface area contributed by atoms with Gasteiger partial charge in [0.05, 0.1) is 0 Å². The van der Waals surface area contributed by atoms with Gasteiger partial charge in [-0.3, -0.25) is 0 Å². The Bertz CT molecular complexity index is 366. The summed E-state index contributed by atoms with van der Waals surface area (Å²) >= 11 is -2.61. The van der Waals surface area contributed by atoms with Gasteiger partial charge >= 0.3 is 51.4 Å². The smallest absolute Gasteiger partial charge is 0.706 e. The van der Waals surface area contributed by atoms with Gasteiger partial charge in [0.15, 0.2) is 0 Å². The average Bonchev–Trinajstić information content (AvgIpc) is 3.51. The zero-order valence-electron chi connectivity index (χ0n) is 22.3. The predicted octanol–water partition coefficient (Wildman–Crippen LogP) is 5.03. The van der Waals surface area contributed by atoms with Gasteiger partial charge in [-0.1, -0.05) is 141 Å². The first-order chi connectivity index (χ1) is 14.6. The van der Waals surface area contributed by atoms with Crippen molar-refractivity contribution < 1.29 is 98.8 Å². The molecule has 0 heterocycles. The van der Waals surface area contributed by atoms with Crippen LogP contribution in [0.5, 0.6) is 0 Å². The summed E-state index contributed by atoms with van der Waals surface area (Å²) in [5.74, 6) is 4.51. The minimum absolute atomic E-state index is 0. The van der Waals surface area contributed by atoms with Crippen LogP contribution in [0.15, 0.2) is 0 Å². The van der Waals surface area contributed by atoms with Gasteiger partial charge in [0.25, 0.3) is 0 Å². The van der Waals surface area contributed by atoms with Gasteiger partial charge in [-0.15, -0.1) is 0 Å². The van der Waals surface area contributed by atoms with E-state index in [1.54, 1.807) is 77.0 Å². The molecule has 202 valence electrons. The molecule has 3 nitrogen and oxygen atoms in total. The Morgan fingerprint density at radius 2 is 0.706 bits per heavy atom. The van der Waals surface area contributed by atoms with Gasteiger partial charge in [-0.05, 0) is 23.7 Å². The molecule has 0 bridgehead atoms. The second-order valence-electron chi connectivity index (χ2n) is 10.7. The molecular weight excluding hydrogens is 555 g/mol. The summed E-state index contributed by atoms with van der Waals surface area (Å²) in [5, 5.41) is 0. The molecule has 7 heteroatoms. The van der Waals surface area contributed by atoms with Crippen molar-refractivity contribution in [3.05, 3.63) is 7.43 Å². The van der Waals surface area contributed by atoms with Crippen LogP contribution in [0.25, 0.3) is 0 Å². The van der Waals surface area contributed by atoms with E-state index in [0.29, 0.717) is 0 Å². The summed E-state index contributed by atoms with van der Waals surface area (Å²) in [5.41, 5.74) is 0. The minimum Gasteiger partial charge on any atom is -0.706 e. The van der Waals surface area contributed by atoms with Crippen LogP contribution in [0.2, 0.25) is 0 Å². The number of hydrogen-bond donors (Lipinski definition) is 0. The standard InChI is InChI=1S/2C13H24.CH3.2Fe.K.H2O3S/c2*1-2-7-12(6-1)10-5-11-13-8-3-4-9-13;;;;;1-4(2)3/h2*12-13H,1-11H2;1H3;;;;(H2,1,2,3)/q;;-1;;;+1;. The maximum absolute atomic E-state index is 8.67. The van der Waals surface area contributed by atoms with E-state index in [2.05, 4.69) is 0 Å². The van der Waals surface area contributed by atoms with Crippen LogP contribution in [0.4, 0.5) is 0 Å². The Hall–Kier alpha value is 2.75. The first-order valence-electron chi connectivity index (χ1n) is 13.4. The summed E-state index contributed by atoms with van der Waals surface area (Å²) in [6, 6.07) is 0. The number of hydrogen-bond acceptors (Lipinski definition) is 2. The molecule has 0 aromatic heterocycles. The van der Waals surface area contributed by atoms with E-state index in [1.165, 1.54) is 64.2 Å². The normalized spacial score (nSPS) is 21.6. The zero-order valence-corrected chi connectivity index (χ0v) is 28.4. The fourth-order valence-electron chi connectivity index (χ4n) is 6.59. The molecule has 1 atom stereocenters. The molecule has 0 spiro atoms. The summed E-state index contributed by atoms with van der Waals surface area (Å²) in [7, 11) is 0. The molecule has 0 radical (unpaired) electrons. The monoisotopic (exact) mass is 608 g/mol. The summed E-state index contributed by atoms with van der Waals surface area (Å²) in [4.78, 5) is 0. The maximum atomic E-state index is 8.67. The van der Waals surface area contributed by atoms with E-state index < -0.39 is 11.4 Å². The summed E-state index contributed by atoms with van der Waals surface area (Å²) in [6.45, 7) is 0. The first kappa shape index (κ1) is 41.2. The second-order valence-corrected chi connectivity index (χ2v) is 11.2. The van der Waals surface area contributed by atoms with Gasteiger partial charge in [0.2, 0.25) is 11.4 Å². The number of rotatable bonds is 8. The largest absolute Gasteiger partial charge is 1.00 e. The van der Waals surface area contributed by atoms with E-state index >= 15 is 0 Å². The van der Waals surface area contributed by atoms with Crippen LogP contribution in [0.3, 0.4) is 0 Å². The van der Waals surface area contributed by atoms with Crippen LogP contribution in [0, 0.1) is 31.1 Å². The van der Waals surface area contributed by atoms with Gasteiger partial charge in [-0.2, -0.15) is 4.21 Å². The average molecular weight is 609 g/mol. The van der Waals surface area contributed by atoms with Gasteiger partial charge in [0.1, 0.15) is 0 Å². The summed E-state index contributed by atoms with van der Waals surface area (Å²) in [6.07, 6.45) is 33.8. The van der Waals surface area contributed by atoms with E-state index in [9.17, 15) is 0 Å². The molecule has 2 N–H and O–H groups in total. The molecule has 0 aliphatic heterocycles. The van der Waals surface area contributed by atoms with Crippen LogP contribution in [-0.2, 0) is 45.5 Å². The fourth-order valence-corrected chi connectivity index (χ4v) is 6.59. The van der Waals surface area contributed by atoms with Crippen LogP contribution >= 0.6 is 0 Å². The Kier molecular flexibility index (Phi) is 33.1. The SMILES string of the molecule is C1CCC(CCCC2CCCC2)C1.C1CCC(CCCC2CCCC2)C1.O=S([O-])[OH2+].[CH3-].[Fe].[Fe].[K+]. The molecule has 4 aliphatic carbocycles. The van der Waals surface area contributed by atoms with Gasteiger partial charge in [0, 0.05) is 34.1 Å². The Morgan fingerprint density at radius 1 is 0.559 bits per heavy atom. The third-order valence-corrected chi connectivity index (χ3v) is 8.35. The van der Waals surface area contributed by atoms with Crippen molar-refractivity contribution in [1.82, 2.24) is 0 Å². The van der Waals surface area contributed by atoms with Crippen LogP contribution in [-0.4, -0.2) is 13.3 Å². The molecule has 4 saturated carbocycles. The van der Waals surface area contributed by atoms with Crippen LogP contribution < -0.4 is 51.4 Å². The van der Waals surface area contributed by atoms with Crippen molar-refractivity contribution in [2.24, 2.45) is 23.7 Å². The van der Waals surface area contributed by atoms with Crippen molar-refractivity contribution in [2.45, 2.75) is 141 Å². The molecular formula is C27H53Fe2KO3S. The maximum Gasteiger partial charge on any atom is 1.00 e. The van der Waals surface area contributed by atoms with Crippen LogP contribution in [0.1, 0.15) is 141 Å². The molecule has 4 fully saturated rings. The Labute approximate surface area is 279 Å². The quantitative estimate of drug-likeness (QED) is 0.168. The Balaban J connectivity index is -0.000000444. The second kappa shape index (κ2) is 27.3. The Morgan fingerprint density at radius 3 is 0.853 bits per heavy atom. The van der Waals surface area contributed by atoms with Crippen molar-refractivity contribution in [3.8, 4) is 0 Å². The van der Waals surface area contributed by atoms with E-state index in [0.717, 1.165) is 23.7 Å². The predicted molar refractivity (Wildman–Crippen MR) is 134 cm³/mol. The topological polar surface area (TPSA) is 63.0 Å². The summed E-state index contributed by atoms with van der Waals surface area (Å²) < 4.78 is 22.8. The third kappa shape index (κ3) is 21.7. The molecule has 0 amide bonds. The molecule has 0 saturated heterocycles. The molecule has 0 aromatic carbocycles. The molecule has 1 unspecified atom stereocenters. The van der Waals surface area contributed by atoms with Crippen molar-refractivity contribution >= 4 is 11.4 Å². The van der Waals surface area contributed by atoms with E-state index in [4.69, 9.17) is 13.3 Å². The minimum atomic E-state index is -2.61. The van der Waals surface area contributed by atoms with Gasteiger partial charge < -0.3 is 16.5 Å². The van der Waals surface area contributed by atoms with Crippen molar-refractivity contribution in [2.75, 3.05) is 0 Å². The fraction of sp³-hybridized carbons (Fsp3) is 0.963. The van der Waals surface area contributed by atoms with Crippen molar-refractivity contribution in [1.29, 1.82) is 0 Å². The van der Waals surface area contributed by atoms with Crippen molar-refractivity contribution in [3.63, 3.8) is 0 Å². The third-order valence-electron chi connectivity index (χ3n) is 8.35.